The number of rotatable bonds is 3. The summed E-state index contributed by atoms with van der Waals surface area (Å²) >= 11 is 10.0. The summed E-state index contributed by atoms with van der Waals surface area (Å²) in [4.78, 5) is 11.6. The van der Waals surface area contributed by atoms with E-state index in [9.17, 15) is 4.79 Å². The smallest absolute Gasteiger partial charge is 0.244 e. The van der Waals surface area contributed by atoms with Crippen LogP contribution in [0.3, 0.4) is 0 Å². The van der Waals surface area contributed by atoms with E-state index in [0.29, 0.717) is 11.0 Å². The topological polar surface area (TPSA) is 46.9 Å². The number of nitrogens with one attached hydrogen (secondary N) is 1. The maximum atomic E-state index is 11.6. The van der Waals surface area contributed by atoms with Crippen molar-refractivity contribution in [2.45, 2.75) is 19.4 Å². The number of aromatic nitrogens is 2. The van der Waals surface area contributed by atoms with E-state index in [1.54, 1.807) is 11.7 Å². The number of hydrogen-bond donors (Lipinski definition) is 1. The van der Waals surface area contributed by atoms with Gasteiger partial charge in [0, 0.05) is 7.05 Å². The second-order valence-corrected chi connectivity index (χ2v) is 5.17. The van der Waals surface area contributed by atoms with Gasteiger partial charge in [0.05, 0.1) is 4.47 Å². The molecule has 84 valence electrons. The van der Waals surface area contributed by atoms with Crippen molar-refractivity contribution in [1.82, 2.24) is 15.1 Å². The SMILES string of the molecule is CC[C@@H](C(=O)NC)n1nc(Br)c(Br)c1Br. The normalized spacial score (nSPS) is 12.6. The average molecular weight is 404 g/mol. The molecule has 0 saturated carbocycles. The first-order chi connectivity index (χ1) is 7.02. The standard InChI is InChI=1S/C8H10Br3N3O/c1-3-4(8(15)12-2)14-7(11)5(9)6(10)13-14/h4H,3H2,1-2H3,(H,12,15)/t4-/m0/s1. The second-order valence-electron chi connectivity index (χ2n) is 2.88. The summed E-state index contributed by atoms with van der Waals surface area (Å²) in [6.07, 6.45) is 0.679. The Morgan fingerprint density at radius 3 is 2.47 bits per heavy atom. The van der Waals surface area contributed by atoms with Crippen LogP contribution in [0, 0.1) is 0 Å². The molecule has 1 aromatic heterocycles. The zero-order valence-corrected chi connectivity index (χ0v) is 13.0. The predicted octanol–water partition coefficient (Wildman–Crippen LogP) is 2.87. The Morgan fingerprint density at radius 2 is 2.13 bits per heavy atom. The minimum atomic E-state index is -0.299. The van der Waals surface area contributed by atoms with Gasteiger partial charge in [0.1, 0.15) is 15.2 Å². The first-order valence-corrected chi connectivity index (χ1v) is 6.71. The van der Waals surface area contributed by atoms with Crippen LogP contribution < -0.4 is 5.32 Å². The van der Waals surface area contributed by atoms with Crippen molar-refractivity contribution in [3.8, 4) is 0 Å². The number of halogens is 3. The fraction of sp³-hybridized carbons (Fsp3) is 0.500. The second kappa shape index (κ2) is 5.45. The van der Waals surface area contributed by atoms with E-state index in [-0.39, 0.29) is 11.9 Å². The molecule has 0 aliphatic rings. The van der Waals surface area contributed by atoms with Crippen LogP contribution in [0.2, 0.25) is 0 Å². The highest BCUT2D eigenvalue weighted by atomic mass is 79.9. The zero-order valence-electron chi connectivity index (χ0n) is 8.22. The van der Waals surface area contributed by atoms with Crippen LogP contribution in [0.15, 0.2) is 13.7 Å². The van der Waals surface area contributed by atoms with Gasteiger partial charge in [-0.15, -0.1) is 0 Å². The zero-order chi connectivity index (χ0) is 11.6. The lowest BCUT2D eigenvalue weighted by Gasteiger charge is -2.14. The highest BCUT2D eigenvalue weighted by Gasteiger charge is 2.23. The van der Waals surface area contributed by atoms with E-state index in [1.165, 1.54) is 0 Å². The summed E-state index contributed by atoms with van der Waals surface area (Å²) in [5, 5.41) is 6.85. The van der Waals surface area contributed by atoms with Gasteiger partial charge in [0.2, 0.25) is 5.91 Å². The first kappa shape index (κ1) is 13.2. The molecule has 0 fully saturated rings. The van der Waals surface area contributed by atoms with E-state index in [1.807, 2.05) is 6.92 Å². The molecule has 0 aliphatic heterocycles. The highest BCUT2D eigenvalue weighted by Crippen LogP contribution is 2.32. The van der Waals surface area contributed by atoms with Crippen LogP contribution in [0.5, 0.6) is 0 Å². The Hall–Kier alpha value is 0.120. The predicted molar refractivity (Wildman–Crippen MR) is 68.7 cm³/mol. The van der Waals surface area contributed by atoms with Gasteiger partial charge in [-0.1, -0.05) is 6.92 Å². The molecule has 7 heteroatoms. The monoisotopic (exact) mass is 401 g/mol. The van der Waals surface area contributed by atoms with Gasteiger partial charge in [0.25, 0.3) is 0 Å². The lowest BCUT2D eigenvalue weighted by atomic mass is 10.2. The van der Waals surface area contributed by atoms with Crippen LogP contribution in [0.1, 0.15) is 19.4 Å². The van der Waals surface area contributed by atoms with Crippen molar-refractivity contribution in [2.24, 2.45) is 0 Å². The Morgan fingerprint density at radius 1 is 1.53 bits per heavy atom. The summed E-state index contributed by atoms with van der Waals surface area (Å²) in [6, 6.07) is -0.299. The minimum absolute atomic E-state index is 0.0549. The Labute approximate surface area is 113 Å². The lowest BCUT2D eigenvalue weighted by molar-refractivity contribution is -0.124. The third-order valence-corrected chi connectivity index (χ3v) is 5.12. The van der Waals surface area contributed by atoms with E-state index in [0.717, 1.165) is 9.08 Å². The molecular formula is C8H10Br3N3O. The van der Waals surface area contributed by atoms with Crippen LogP contribution >= 0.6 is 47.8 Å². The lowest BCUT2D eigenvalue weighted by Crippen LogP contribution is -2.30. The van der Waals surface area contributed by atoms with Crippen LogP contribution in [0.25, 0.3) is 0 Å². The van der Waals surface area contributed by atoms with Gasteiger partial charge in [-0.05, 0) is 54.2 Å². The molecule has 0 radical (unpaired) electrons. The van der Waals surface area contributed by atoms with Gasteiger partial charge in [-0.3, -0.25) is 4.79 Å². The van der Waals surface area contributed by atoms with Gasteiger partial charge < -0.3 is 5.32 Å². The third kappa shape index (κ3) is 2.62. The highest BCUT2D eigenvalue weighted by molar-refractivity contribution is 9.14. The summed E-state index contributed by atoms with van der Waals surface area (Å²) in [6.45, 7) is 1.94. The largest absolute Gasteiger partial charge is 0.357 e. The first-order valence-electron chi connectivity index (χ1n) is 4.33. The number of hydrogen-bond acceptors (Lipinski definition) is 2. The summed E-state index contributed by atoms with van der Waals surface area (Å²) in [5.74, 6) is -0.0549. The van der Waals surface area contributed by atoms with Crippen molar-refractivity contribution in [1.29, 1.82) is 0 Å². The van der Waals surface area contributed by atoms with Crippen molar-refractivity contribution in [2.75, 3.05) is 7.05 Å². The van der Waals surface area contributed by atoms with Crippen LogP contribution in [-0.2, 0) is 4.79 Å². The molecular weight excluding hydrogens is 394 g/mol. The number of likely N-dealkylation sites (N-methyl/N-ethyl adjacent to an activating group) is 1. The Bertz CT molecular complexity index is 377. The summed E-state index contributed by atoms with van der Waals surface area (Å²) < 4.78 is 3.89. The molecule has 1 rings (SSSR count). The molecule has 0 spiro atoms. The fourth-order valence-corrected chi connectivity index (χ4v) is 2.61. The van der Waals surface area contributed by atoms with E-state index < -0.39 is 0 Å². The van der Waals surface area contributed by atoms with E-state index in [4.69, 9.17) is 0 Å². The number of amides is 1. The molecule has 0 saturated heterocycles. The number of carbonyl (C=O) groups excluding carboxylic acids is 1. The molecule has 0 aromatic carbocycles. The maximum Gasteiger partial charge on any atom is 0.244 e. The van der Waals surface area contributed by atoms with Gasteiger partial charge in [0.15, 0.2) is 0 Å². The summed E-state index contributed by atoms with van der Waals surface area (Å²) in [5.41, 5.74) is 0. The van der Waals surface area contributed by atoms with Crippen LogP contribution in [0.4, 0.5) is 0 Å². The number of carbonyl (C=O) groups is 1. The molecule has 15 heavy (non-hydrogen) atoms. The van der Waals surface area contributed by atoms with E-state index >= 15 is 0 Å². The molecule has 1 aromatic rings. The van der Waals surface area contributed by atoms with Crippen molar-refractivity contribution < 1.29 is 4.79 Å². The minimum Gasteiger partial charge on any atom is -0.357 e. The fourth-order valence-electron chi connectivity index (χ4n) is 1.21. The van der Waals surface area contributed by atoms with Crippen molar-refractivity contribution in [3.63, 3.8) is 0 Å². The molecule has 1 atom stereocenters. The van der Waals surface area contributed by atoms with Crippen LogP contribution in [-0.4, -0.2) is 22.7 Å². The van der Waals surface area contributed by atoms with Gasteiger partial charge in [-0.2, -0.15) is 5.10 Å². The molecule has 0 unspecified atom stereocenters. The van der Waals surface area contributed by atoms with Crippen molar-refractivity contribution in [3.05, 3.63) is 13.7 Å². The molecule has 4 nitrogen and oxygen atoms in total. The van der Waals surface area contributed by atoms with Crippen molar-refractivity contribution >= 4 is 53.7 Å². The van der Waals surface area contributed by atoms with Gasteiger partial charge >= 0.3 is 0 Å². The Balaban J connectivity index is 3.13. The summed E-state index contributed by atoms with van der Waals surface area (Å²) in [7, 11) is 1.62. The third-order valence-electron chi connectivity index (χ3n) is 1.99. The maximum absolute atomic E-state index is 11.6. The quantitative estimate of drug-likeness (QED) is 0.843. The molecule has 1 N–H and O–H groups in total. The molecule has 1 heterocycles. The molecule has 0 bridgehead atoms. The average Bonchev–Trinajstić information content (AvgIpc) is 2.47. The van der Waals surface area contributed by atoms with E-state index in [2.05, 4.69) is 58.2 Å². The van der Waals surface area contributed by atoms with Gasteiger partial charge in [-0.25, -0.2) is 4.68 Å². The molecule has 0 aliphatic carbocycles. The number of nitrogens with zero attached hydrogens (tertiary/aromatic N) is 2. The Kier molecular flexibility index (Phi) is 4.79. The molecule has 1 amide bonds.